The van der Waals surface area contributed by atoms with E-state index in [1.807, 2.05) is 4.90 Å². The van der Waals surface area contributed by atoms with Crippen LogP contribution in [0.2, 0.25) is 0 Å². The zero-order valence-corrected chi connectivity index (χ0v) is 14.4. The molecule has 2 aliphatic rings. The highest BCUT2D eigenvalue weighted by molar-refractivity contribution is 8.15. The van der Waals surface area contributed by atoms with Gasteiger partial charge in [-0.25, -0.2) is 0 Å². The first-order chi connectivity index (χ1) is 12.3. The van der Waals surface area contributed by atoms with Crippen LogP contribution >= 0.6 is 11.8 Å². The van der Waals surface area contributed by atoms with Crippen LogP contribution in [0.5, 0.6) is 5.75 Å². The third kappa shape index (κ3) is 4.90. The molecule has 2 aliphatic heterocycles. The molecule has 26 heavy (non-hydrogen) atoms. The summed E-state index contributed by atoms with van der Waals surface area (Å²) in [4.78, 5) is 30.1. The molecule has 0 radical (unpaired) electrons. The summed E-state index contributed by atoms with van der Waals surface area (Å²) in [6.07, 6.45) is -2.69. The number of rotatable bonds is 4. The molecule has 10 heteroatoms. The fourth-order valence-electron chi connectivity index (χ4n) is 2.67. The van der Waals surface area contributed by atoms with E-state index in [2.05, 4.69) is 15.0 Å². The normalized spacial score (nSPS) is 20.3. The van der Waals surface area contributed by atoms with Crippen LogP contribution in [0.4, 0.5) is 18.9 Å². The molecule has 1 atom stereocenters. The zero-order valence-electron chi connectivity index (χ0n) is 13.6. The Morgan fingerprint density at radius 2 is 1.92 bits per heavy atom. The van der Waals surface area contributed by atoms with Crippen LogP contribution in [-0.4, -0.2) is 46.6 Å². The van der Waals surface area contributed by atoms with Crippen LogP contribution in [0.3, 0.4) is 0 Å². The Labute approximate surface area is 151 Å². The molecule has 2 heterocycles. The van der Waals surface area contributed by atoms with Gasteiger partial charge in [-0.3, -0.25) is 9.59 Å². The molecule has 0 unspecified atom stereocenters. The molecule has 3 rings (SSSR count). The van der Waals surface area contributed by atoms with Crippen molar-refractivity contribution in [3.05, 3.63) is 24.3 Å². The van der Waals surface area contributed by atoms with Crippen LogP contribution in [-0.2, 0) is 9.59 Å². The van der Waals surface area contributed by atoms with Gasteiger partial charge in [0.1, 0.15) is 11.0 Å². The molecule has 1 fully saturated rings. The molecule has 2 amide bonds. The van der Waals surface area contributed by atoms with E-state index in [0.717, 1.165) is 38.1 Å². The van der Waals surface area contributed by atoms with Gasteiger partial charge in [0.25, 0.3) is 5.91 Å². The van der Waals surface area contributed by atoms with Gasteiger partial charge >= 0.3 is 6.36 Å². The number of hydrogen-bond donors (Lipinski definition) is 1. The Bertz CT molecular complexity index is 716. The monoisotopic (exact) mass is 387 g/mol. The first-order valence-electron chi connectivity index (χ1n) is 8.00. The number of nitrogens with one attached hydrogen (secondary N) is 1. The second-order valence-electron chi connectivity index (χ2n) is 5.86. The molecule has 1 aromatic carbocycles. The maximum atomic E-state index is 12.1. The molecule has 1 aromatic rings. The molecule has 1 N–H and O–H groups in total. The highest BCUT2D eigenvalue weighted by Gasteiger charge is 2.34. The number of halogens is 3. The summed E-state index contributed by atoms with van der Waals surface area (Å²) in [5, 5.41) is 2.65. The Morgan fingerprint density at radius 3 is 2.54 bits per heavy atom. The standard InChI is InChI=1S/C16H16F3N3O3S/c17-16(18,19)25-11-5-3-10(4-6-11)20-13(23)9-12-14(24)21-15(26-12)22-7-1-2-8-22/h3-6,12H,1-2,7-9H2,(H,20,23)/t12-/m0/s1. The predicted octanol–water partition coefficient (Wildman–Crippen LogP) is 3.01. The predicted molar refractivity (Wildman–Crippen MR) is 91.0 cm³/mol. The van der Waals surface area contributed by atoms with Gasteiger partial charge < -0.3 is 15.0 Å². The van der Waals surface area contributed by atoms with Gasteiger partial charge in [0.2, 0.25) is 5.91 Å². The minimum atomic E-state index is -4.77. The molecule has 0 aliphatic carbocycles. The maximum Gasteiger partial charge on any atom is 0.573 e. The summed E-state index contributed by atoms with van der Waals surface area (Å²) in [5.74, 6) is -1.11. The first-order valence-corrected chi connectivity index (χ1v) is 8.88. The van der Waals surface area contributed by atoms with E-state index in [0.29, 0.717) is 10.9 Å². The molecule has 0 spiro atoms. The van der Waals surface area contributed by atoms with Crippen LogP contribution in [0.15, 0.2) is 29.3 Å². The summed E-state index contributed by atoms with van der Waals surface area (Å²) in [6.45, 7) is 1.73. The second kappa shape index (κ2) is 7.56. The third-order valence-electron chi connectivity index (χ3n) is 3.85. The lowest BCUT2D eigenvalue weighted by Crippen LogP contribution is -2.25. The van der Waals surface area contributed by atoms with E-state index >= 15 is 0 Å². The van der Waals surface area contributed by atoms with Crippen LogP contribution in [0.1, 0.15) is 19.3 Å². The highest BCUT2D eigenvalue weighted by atomic mass is 32.2. The first kappa shape index (κ1) is 18.6. The quantitative estimate of drug-likeness (QED) is 0.860. The Balaban J connectivity index is 1.50. The number of thioether (sulfide) groups is 1. The van der Waals surface area contributed by atoms with Crippen LogP contribution in [0, 0.1) is 0 Å². The average Bonchev–Trinajstić information content (AvgIpc) is 3.18. The van der Waals surface area contributed by atoms with Gasteiger partial charge in [-0.15, -0.1) is 13.2 Å². The fraction of sp³-hybridized carbons (Fsp3) is 0.438. The van der Waals surface area contributed by atoms with E-state index < -0.39 is 17.5 Å². The van der Waals surface area contributed by atoms with Crippen molar-refractivity contribution in [1.29, 1.82) is 0 Å². The van der Waals surface area contributed by atoms with Gasteiger partial charge in [0.05, 0.1) is 0 Å². The number of nitrogens with zero attached hydrogens (tertiary/aromatic N) is 2. The minimum Gasteiger partial charge on any atom is -0.406 e. The number of carbonyl (C=O) groups excluding carboxylic acids is 2. The zero-order chi connectivity index (χ0) is 18.7. The lowest BCUT2D eigenvalue weighted by molar-refractivity contribution is -0.274. The summed E-state index contributed by atoms with van der Waals surface area (Å²) in [5.41, 5.74) is 0.320. The number of amidine groups is 1. The van der Waals surface area contributed by atoms with Crippen LogP contribution < -0.4 is 10.1 Å². The molecule has 1 saturated heterocycles. The van der Waals surface area contributed by atoms with Crippen molar-refractivity contribution < 1.29 is 27.5 Å². The maximum absolute atomic E-state index is 12.1. The van der Waals surface area contributed by atoms with Gasteiger partial charge in [-0.2, -0.15) is 4.99 Å². The van der Waals surface area contributed by atoms with E-state index in [1.165, 1.54) is 23.9 Å². The van der Waals surface area contributed by atoms with Gasteiger partial charge in [0.15, 0.2) is 5.17 Å². The van der Waals surface area contributed by atoms with Gasteiger partial charge in [0, 0.05) is 25.2 Å². The van der Waals surface area contributed by atoms with Crippen LogP contribution in [0.25, 0.3) is 0 Å². The molecule has 0 bridgehead atoms. The fourth-order valence-corrected chi connectivity index (χ4v) is 3.79. The number of benzene rings is 1. The topological polar surface area (TPSA) is 71.0 Å². The number of alkyl halides is 3. The lowest BCUT2D eigenvalue weighted by atomic mass is 10.2. The molecule has 6 nitrogen and oxygen atoms in total. The summed E-state index contributed by atoms with van der Waals surface area (Å²) < 4.78 is 40.1. The van der Waals surface area contributed by atoms with E-state index in [9.17, 15) is 22.8 Å². The molecular formula is C16H16F3N3O3S. The van der Waals surface area contributed by atoms with Crippen molar-refractivity contribution in [3.8, 4) is 5.75 Å². The summed E-state index contributed by atoms with van der Waals surface area (Å²) in [6, 6.07) is 4.81. The van der Waals surface area contributed by atoms with Crippen molar-refractivity contribution in [2.75, 3.05) is 18.4 Å². The lowest BCUT2D eigenvalue weighted by Gasteiger charge is -2.16. The largest absolute Gasteiger partial charge is 0.573 e. The van der Waals surface area contributed by atoms with Crippen molar-refractivity contribution in [3.63, 3.8) is 0 Å². The van der Waals surface area contributed by atoms with Crippen molar-refractivity contribution >= 4 is 34.4 Å². The Hall–Kier alpha value is -2.23. The Kier molecular flexibility index (Phi) is 5.40. The summed E-state index contributed by atoms with van der Waals surface area (Å²) >= 11 is 1.28. The van der Waals surface area contributed by atoms with E-state index in [4.69, 9.17) is 0 Å². The molecule has 0 aromatic heterocycles. The van der Waals surface area contributed by atoms with Gasteiger partial charge in [-0.1, -0.05) is 11.8 Å². The van der Waals surface area contributed by atoms with E-state index in [-0.39, 0.29) is 18.1 Å². The molecule has 0 saturated carbocycles. The highest BCUT2D eigenvalue weighted by Crippen LogP contribution is 2.29. The summed E-state index contributed by atoms with van der Waals surface area (Å²) in [7, 11) is 0. The minimum absolute atomic E-state index is 0.0505. The van der Waals surface area contributed by atoms with Gasteiger partial charge in [-0.05, 0) is 37.1 Å². The number of aliphatic imine (C=N–C) groups is 1. The molecular weight excluding hydrogens is 371 g/mol. The van der Waals surface area contributed by atoms with Crippen molar-refractivity contribution in [1.82, 2.24) is 4.90 Å². The van der Waals surface area contributed by atoms with Crippen molar-refractivity contribution in [2.24, 2.45) is 4.99 Å². The average molecular weight is 387 g/mol. The van der Waals surface area contributed by atoms with E-state index in [1.54, 1.807) is 0 Å². The third-order valence-corrected chi connectivity index (χ3v) is 5.06. The van der Waals surface area contributed by atoms with Crippen molar-refractivity contribution in [2.45, 2.75) is 30.9 Å². The number of carbonyl (C=O) groups is 2. The number of likely N-dealkylation sites (tertiary alicyclic amines) is 1. The smallest absolute Gasteiger partial charge is 0.406 e. The SMILES string of the molecule is O=C(C[C@@H]1SC(N2CCCC2)=NC1=O)Nc1ccc(OC(F)(F)F)cc1. The number of hydrogen-bond acceptors (Lipinski definition) is 5. The number of amides is 2. The second-order valence-corrected chi connectivity index (χ2v) is 7.03. The Morgan fingerprint density at radius 1 is 1.27 bits per heavy atom. The number of ether oxygens (including phenoxy) is 1. The molecule has 140 valence electrons. The number of anilines is 1.